The molecule has 0 saturated carbocycles. The van der Waals surface area contributed by atoms with Crippen molar-refractivity contribution in [2.24, 2.45) is 0 Å². The number of carboxylic acid groups (broad SMARTS) is 1. The highest BCUT2D eigenvalue weighted by Gasteiger charge is 2.21. The van der Waals surface area contributed by atoms with E-state index in [0.717, 1.165) is 0 Å². The summed E-state index contributed by atoms with van der Waals surface area (Å²) in [5, 5.41) is 13.6. The lowest BCUT2D eigenvalue weighted by Gasteiger charge is -2.18. The molecule has 1 aromatic carbocycles. The van der Waals surface area contributed by atoms with Crippen LogP contribution < -0.4 is 5.32 Å². The van der Waals surface area contributed by atoms with Gasteiger partial charge in [-0.25, -0.2) is 4.98 Å². The van der Waals surface area contributed by atoms with Gasteiger partial charge in [0.2, 0.25) is 0 Å². The molecule has 0 spiro atoms. The second kappa shape index (κ2) is 6.49. The molecule has 0 unspecified atom stereocenters. The van der Waals surface area contributed by atoms with Crippen LogP contribution in [0.4, 0.5) is 0 Å². The Balaban J connectivity index is 2.22. The summed E-state index contributed by atoms with van der Waals surface area (Å²) in [6, 6.07) is 6.13. The number of carboxylic acids is 1. The Morgan fingerprint density at radius 2 is 2.15 bits per heavy atom. The zero-order valence-corrected chi connectivity index (χ0v) is 11.8. The van der Waals surface area contributed by atoms with E-state index >= 15 is 0 Å². The van der Waals surface area contributed by atoms with Crippen molar-refractivity contribution in [3.05, 3.63) is 51.4 Å². The third-order valence-corrected chi connectivity index (χ3v) is 3.56. The topological polar surface area (TPSA) is 79.3 Å². The quantitative estimate of drug-likeness (QED) is 0.890. The Bertz CT molecular complexity index is 616. The molecule has 0 aliphatic rings. The molecule has 0 bridgehead atoms. The Labute approximate surface area is 124 Å². The maximum atomic E-state index is 12.0. The lowest BCUT2D eigenvalue weighted by molar-refractivity contribution is -0.137. The minimum absolute atomic E-state index is 0.250. The maximum Gasteiger partial charge on any atom is 0.305 e. The van der Waals surface area contributed by atoms with Crippen LogP contribution >= 0.6 is 22.9 Å². The van der Waals surface area contributed by atoms with Crippen molar-refractivity contribution < 1.29 is 14.7 Å². The van der Waals surface area contributed by atoms with Crippen LogP contribution in [0, 0.1) is 0 Å². The Morgan fingerprint density at radius 3 is 2.75 bits per heavy atom. The SMILES string of the molecule is O=C(O)C[C@H](NC(=O)c1cscn1)c1ccccc1Cl. The van der Waals surface area contributed by atoms with Crippen molar-refractivity contribution >= 4 is 34.8 Å². The summed E-state index contributed by atoms with van der Waals surface area (Å²) in [7, 11) is 0. The number of amides is 1. The molecule has 2 N–H and O–H groups in total. The summed E-state index contributed by atoms with van der Waals surface area (Å²) in [6.45, 7) is 0. The number of carbonyl (C=O) groups excluding carboxylic acids is 1. The van der Waals surface area contributed by atoms with Crippen LogP contribution in [0.3, 0.4) is 0 Å². The standard InChI is InChI=1S/C13H11ClN2O3S/c14-9-4-2-1-3-8(9)10(5-12(17)18)16-13(19)11-6-20-7-15-11/h1-4,6-7,10H,5H2,(H,16,19)(H,17,18)/t10-/m0/s1. The number of hydrogen-bond donors (Lipinski definition) is 2. The lowest BCUT2D eigenvalue weighted by Crippen LogP contribution is -2.30. The average Bonchev–Trinajstić information content (AvgIpc) is 2.92. The van der Waals surface area contributed by atoms with Gasteiger partial charge in [0.15, 0.2) is 0 Å². The molecule has 0 saturated heterocycles. The van der Waals surface area contributed by atoms with Crippen LogP contribution in [0.15, 0.2) is 35.2 Å². The van der Waals surface area contributed by atoms with Gasteiger partial charge >= 0.3 is 5.97 Å². The number of halogens is 1. The first-order valence-corrected chi connectivity index (χ1v) is 7.05. The lowest BCUT2D eigenvalue weighted by atomic mass is 10.0. The molecule has 5 nitrogen and oxygen atoms in total. The van der Waals surface area contributed by atoms with Gasteiger partial charge in [0.25, 0.3) is 5.91 Å². The van der Waals surface area contributed by atoms with Crippen LogP contribution in [0.2, 0.25) is 5.02 Å². The molecule has 2 rings (SSSR count). The van der Waals surface area contributed by atoms with Gasteiger partial charge < -0.3 is 10.4 Å². The fourth-order valence-corrected chi connectivity index (χ4v) is 2.53. The van der Waals surface area contributed by atoms with Crippen molar-refractivity contribution in [3.63, 3.8) is 0 Å². The predicted molar refractivity (Wildman–Crippen MR) is 76.0 cm³/mol. The molecule has 1 heterocycles. The fraction of sp³-hybridized carbons (Fsp3) is 0.154. The van der Waals surface area contributed by atoms with E-state index in [9.17, 15) is 9.59 Å². The number of benzene rings is 1. The first-order valence-electron chi connectivity index (χ1n) is 5.73. The van der Waals surface area contributed by atoms with E-state index in [-0.39, 0.29) is 12.1 Å². The number of thiazole rings is 1. The van der Waals surface area contributed by atoms with Crippen molar-refractivity contribution in [1.82, 2.24) is 10.3 Å². The highest BCUT2D eigenvalue weighted by Crippen LogP contribution is 2.25. The van der Waals surface area contributed by atoms with Gasteiger partial charge in [-0.15, -0.1) is 11.3 Å². The molecule has 1 atom stereocenters. The number of rotatable bonds is 5. The van der Waals surface area contributed by atoms with Gasteiger partial charge in [-0.3, -0.25) is 9.59 Å². The smallest absolute Gasteiger partial charge is 0.305 e. The van der Waals surface area contributed by atoms with Gasteiger partial charge in [0.1, 0.15) is 5.69 Å². The van der Waals surface area contributed by atoms with Crippen molar-refractivity contribution in [2.45, 2.75) is 12.5 Å². The second-order valence-electron chi connectivity index (χ2n) is 4.02. The molecule has 7 heteroatoms. The maximum absolute atomic E-state index is 12.0. The van der Waals surface area contributed by atoms with Crippen molar-refractivity contribution in [3.8, 4) is 0 Å². The molecule has 0 aliphatic carbocycles. The van der Waals surface area contributed by atoms with Crippen LogP contribution in [0.1, 0.15) is 28.5 Å². The summed E-state index contributed by atoms with van der Waals surface area (Å²) in [5.41, 5.74) is 2.37. The summed E-state index contributed by atoms with van der Waals surface area (Å²) < 4.78 is 0. The van der Waals surface area contributed by atoms with E-state index in [1.54, 1.807) is 29.6 Å². The van der Waals surface area contributed by atoms with Gasteiger partial charge in [0.05, 0.1) is 18.0 Å². The van der Waals surface area contributed by atoms with Crippen LogP contribution in [0.25, 0.3) is 0 Å². The van der Waals surface area contributed by atoms with Crippen LogP contribution in [-0.2, 0) is 4.79 Å². The first-order chi connectivity index (χ1) is 9.58. The van der Waals surface area contributed by atoms with Crippen LogP contribution in [-0.4, -0.2) is 22.0 Å². The fourth-order valence-electron chi connectivity index (χ4n) is 1.73. The summed E-state index contributed by atoms with van der Waals surface area (Å²) in [4.78, 5) is 26.8. The molecule has 1 aromatic heterocycles. The molecule has 2 aromatic rings. The Hall–Kier alpha value is -1.92. The largest absolute Gasteiger partial charge is 0.481 e. The van der Waals surface area contributed by atoms with Crippen molar-refractivity contribution in [1.29, 1.82) is 0 Å². The van der Waals surface area contributed by atoms with E-state index in [2.05, 4.69) is 10.3 Å². The second-order valence-corrected chi connectivity index (χ2v) is 5.14. The van der Waals surface area contributed by atoms with Gasteiger partial charge in [-0.2, -0.15) is 0 Å². The van der Waals surface area contributed by atoms with Crippen molar-refractivity contribution in [2.75, 3.05) is 0 Å². The third-order valence-electron chi connectivity index (χ3n) is 2.63. The summed E-state index contributed by atoms with van der Waals surface area (Å²) in [6.07, 6.45) is -0.250. The minimum Gasteiger partial charge on any atom is -0.481 e. The number of nitrogens with one attached hydrogen (secondary N) is 1. The van der Waals surface area contributed by atoms with Gasteiger partial charge in [-0.1, -0.05) is 29.8 Å². The highest BCUT2D eigenvalue weighted by atomic mass is 35.5. The van der Waals surface area contributed by atoms with Crippen LogP contribution in [0.5, 0.6) is 0 Å². The number of aliphatic carboxylic acids is 1. The summed E-state index contributed by atoms with van der Waals surface area (Å²) in [5.74, 6) is -1.44. The molecule has 0 radical (unpaired) electrons. The molecule has 0 aliphatic heterocycles. The highest BCUT2D eigenvalue weighted by molar-refractivity contribution is 7.07. The third kappa shape index (κ3) is 3.55. The minimum atomic E-state index is -1.02. The van der Waals surface area contributed by atoms with E-state index < -0.39 is 17.9 Å². The molecule has 20 heavy (non-hydrogen) atoms. The molecule has 104 valence electrons. The summed E-state index contributed by atoms with van der Waals surface area (Å²) >= 11 is 7.35. The molecular weight excluding hydrogens is 300 g/mol. The molecular formula is C13H11ClN2O3S. The number of aromatic nitrogens is 1. The Morgan fingerprint density at radius 1 is 1.40 bits per heavy atom. The zero-order chi connectivity index (χ0) is 14.5. The predicted octanol–water partition coefficient (Wildman–Crippen LogP) is 2.74. The monoisotopic (exact) mass is 310 g/mol. The number of nitrogens with zero attached hydrogens (tertiary/aromatic N) is 1. The molecule has 1 amide bonds. The zero-order valence-electron chi connectivity index (χ0n) is 10.2. The number of carbonyl (C=O) groups is 2. The average molecular weight is 311 g/mol. The normalized spacial score (nSPS) is 11.8. The van der Waals surface area contributed by atoms with Gasteiger partial charge in [0, 0.05) is 10.4 Å². The van der Waals surface area contributed by atoms with Gasteiger partial charge in [-0.05, 0) is 11.6 Å². The number of hydrogen-bond acceptors (Lipinski definition) is 4. The van der Waals surface area contributed by atoms with E-state index in [1.165, 1.54) is 16.8 Å². The Kier molecular flexibility index (Phi) is 4.70. The molecule has 0 fully saturated rings. The van der Waals surface area contributed by atoms with E-state index in [1.807, 2.05) is 0 Å². The van der Waals surface area contributed by atoms with E-state index in [0.29, 0.717) is 10.6 Å². The first kappa shape index (κ1) is 14.5. The van der Waals surface area contributed by atoms with E-state index in [4.69, 9.17) is 16.7 Å².